The van der Waals surface area contributed by atoms with Crippen LogP contribution in [0.4, 0.5) is 0 Å². The minimum Gasteiger partial charge on any atom is -0.506 e. The van der Waals surface area contributed by atoms with Crippen molar-refractivity contribution < 1.29 is 13.5 Å². The lowest BCUT2D eigenvalue weighted by Gasteiger charge is -2.10. The molecule has 0 spiro atoms. The second-order valence-electron chi connectivity index (χ2n) is 7.00. The molecular formula is C20H21N3O3S. The van der Waals surface area contributed by atoms with Crippen LogP contribution in [0, 0.1) is 13.8 Å². The van der Waals surface area contributed by atoms with E-state index in [-0.39, 0.29) is 23.3 Å². The number of phenols is 1. The summed E-state index contributed by atoms with van der Waals surface area (Å²) in [5.74, 6) is 0.542. The van der Waals surface area contributed by atoms with Crippen LogP contribution in [0.1, 0.15) is 35.1 Å². The van der Waals surface area contributed by atoms with E-state index >= 15 is 0 Å². The highest BCUT2D eigenvalue weighted by atomic mass is 32.2. The molecule has 3 aromatic rings. The molecule has 0 bridgehead atoms. The van der Waals surface area contributed by atoms with Crippen molar-refractivity contribution in [2.45, 2.75) is 26.3 Å². The lowest BCUT2D eigenvalue weighted by Crippen LogP contribution is -2.13. The number of para-hydroxylation sites is 1. The van der Waals surface area contributed by atoms with E-state index in [0.29, 0.717) is 11.9 Å². The molecule has 0 amide bonds. The largest absolute Gasteiger partial charge is 0.506 e. The molecule has 6 nitrogen and oxygen atoms in total. The van der Waals surface area contributed by atoms with E-state index in [9.17, 15) is 13.5 Å². The quantitative estimate of drug-likeness (QED) is 0.750. The van der Waals surface area contributed by atoms with Gasteiger partial charge in [0.15, 0.2) is 9.84 Å². The number of fused-ring (bicyclic) bond motifs is 1. The van der Waals surface area contributed by atoms with Crippen molar-refractivity contribution in [1.29, 1.82) is 0 Å². The molecule has 1 aromatic carbocycles. The molecule has 1 aliphatic rings. The fraction of sp³-hybridized carbons (Fsp3) is 0.300. The highest BCUT2D eigenvalue weighted by Gasteiger charge is 2.31. The van der Waals surface area contributed by atoms with E-state index in [4.69, 9.17) is 0 Å². The van der Waals surface area contributed by atoms with E-state index in [1.165, 1.54) is 0 Å². The Balaban J connectivity index is 1.66. The third kappa shape index (κ3) is 3.35. The van der Waals surface area contributed by atoms with Gasteiger partial charge in [-0.1, -0.05) is 18.2 Å². The highest BCUT2D eigenvalue weighted by molar-refractivity contribution is 7.91. The number of nitrogens with zero attached hydrogens (tertiary/aromatic N) is 3. The van der Waals surface area contributed by atoms with Crippen molar-refractivity contribution >= 4 is 32.9 Å². The van der Waals surface area contributed by atoms with Crippen LogP contribution in [-0.4, -0.2) is 39.8 Å². The number of rotatable bonds is 3. The summed E-state index contributed by atoms with van der Waals surface area (Å²) in [5.41, 5.74) is 4.09. The number of aromatic nitrogens is 3. The number of aryl methyl sites for hydroxylation is 1. The number of sulfone groups is 1. The average molecular weight is 383 g/mol. The van der Waals surface area contributed by atoms with E-state index in [2.05, 4.69) is 10.1 Å². The number of aromatic hydroxyl groups is 1. The Morgan fingerprint density at radius 1 is 1.19 bits per heavy atom. The zero-order valence-electron chi connectivity index (χ0n) is 15.3. The van der Waals surface area contributed by atoms with Crippen molar-refractivity contribution in [3.05, 3.63) is 53.0 Å². The molecule has 1 aliphatic heterocycles. The maximum Gasteiger partial charge on any atom is 0.152 e. The summed E-state index contributed by atoms with van der Waals surface area (Å²) < 4.78 is 25.4. The van der Waals surface area contributed by atoms with Gasteiger partial charge >= 0.3 is 0 Å². The molecule has 1 saturated heterocycles. The number of pyridine rings is 1. The molecule has 0 aliphatic carbocycles. The molecule has 7 heteroatoms. The normalized spacial score (nSPS) is 19.3. The van der Waals surface area contributed by atoms with E-state index in [1.807, 2.05) is 48.9 Å². The molecule has 0 saturated carbocycles. The van der Waals surface area contributed by atoms with Gasteiger partial charge < -0.3 is 5.11 Å². The van der Waals surface area contributed by atoms with Gasteiger partial charge in [0.2, 0.25) is 0 Å². The zero-order chi connectivity index (χ0) is 19.2. The van der Waals surface area contributed by atoms with Crippen LogP contribution in [0.25, 0.3) is 23.1 Å². The summed E-state index contributed by atoms with van der Waals surface area (Å²) >= 11 is 0. The predicted molar refractivity (Wildman–Crippen MR) is 106 cm³/mol. The van der Waals surface area contributed by atoms with Crippen molar-refractivity contribution in [2.24, 2.45) is 0 Å². The van der Waals surface area contributed by atoms with Crippen LogP contribution in [-0.2, 0) is 9.84 Å². The summed E-state index contributed by atoms with van der Waals surface area (Å²) in [4.78, 5) is 4.51. The van der Waals surface area contributed by atoms with E-state index in [1.54, 1.807) is 12.1 Å². The van der Waals surface area contributed by atoms with Gasteiger partial charge in [-0.15, -0.1) is 0 Å². The number of benzene rings is 1. The Labute approximate surface area is 158 Å². The van der Waals surface area contributed by atoms with Crippen molar-refractivity contribution in [3.63, 3.8) is 0 Å². The summed E-state index contributed by atoms with van der Waals surface area (Å²) in [7, 11) is -2.96. The second-order valence-corrected chi connectivity index (χ2v) is 9.23. The Hall–Kier alpha value is -2.67. The Kier molecular flexibility index (Phi) is 4.26. The molecule has 1 fully saturated rings. The first kappa shape index (κ1) is 17.7. The fourth-order valence-electron chi connectivity index (χ4n) is 3.65. The summed E-state index contributed by atoms with van der Waals surface area (Å²) in [6, 6.07) is 9.05. The average Bonchev–Trinajstić information content (AvgIpc) is 3.12. The molecule has 1 unspecified atom stereocenters. The topological polar surface area (TPSA) is 85.1 Å². The molecule has 2 aromatic heterocycles. The maximum atomic E-state index is 11.8. The van der Waals surface area contributed by atoms with Crippen LogP contribution in [0.5, 0.6) is 5.75 Å². The molecule has 1 N–H and O–H groups in total. The van der Waals surface area contributed by atoms with Gasteiger partial charge in [0.25, 0.3) is 0 Å². The molecule has 1 atom stereocenters. The number of hydrogen-bond donors (Lipinski definition) is 1. The van der Waals surface area contributed by atoms with E-state index in [0.717, 1.165) is 28.0 Å². The van der Waals surface area contributed by atoms with Crippen LogP contribution in [0.3, 0.4) is 0 Å². The number of phenolic OH excluding ortho intramolecular Hbond substituents is 1. The lowest BCUT2D eigenvalue weighted by atomic mass is 10.1. The highest BCUT2D eigenvalue weighted by Crippen LogP contribution is 2.28. The molecule has 140 valence electrons. The maximum absolute atomic E-state index is 11.8. The third-order valence-corrected chi connectivity index (χ3v) is 6.83. The first-order valence-electron chi connectivity index (χ1n) is 8.87. The molecule has 3 heterocycles. The summed E-state index contributed by atoms with van der Waals surface area (Å²) in [6.45, 7) is 3.89. The standard InChI is InChI=1S/C20H21N3O3S/c1-13-18(14(2)23(22-13)17-10-11-27(25,26)12-17)9-8-16-7-6-15-4-3-5-19(24)20(15)21-16/h3-9,17,24H,10-12H2,1-2H3/b9-8+. The van der Waals surface area contributed by atoms with Crippen molar-refractivity contribution in [2.75, 3.05) is 11.5 Å². The Morgan fingerprint density at radius 3 is 2.74 bits per heavy atom. The number of hydrogen-bond acceptors (Lipinski definition) is 5. The smallest absolute Gasteiger partial charge is 0.152 e. The first-order chi connectivity index (χ1) is 12.8. The summed E-state index contributed by atoms with van der Waals surface area (Å²) in [5, 5.41) is 15.4. The third-order valence-electron chi connectivity index (χ3n) is 5.08. The van der Waals surface area contributed by atoms with Gasteiger partial charge in [-0.2, -0.15) is 5.10 Å². The van der Waals surface area contributed by atoms with Crippen molar-refractivity contribution in [1.82, 2.24) is 14.8 Å². The fourth-order valence-corrected chi connectivity index (χ4v) is 5.34. The molecule has 4 rings (SSSR count). The van der Waals surface area contributed by atoms with Crippen LogP contribution in [0.2, 0.25) is 0 Å². The van der Waals surface area contributed by atoms with Gasteiger partial charge in [0.05, 0.1) is 28.9 Å². The van der Waals surface area contributed by atoms with Gasteiger partial charge in [0, 0.05) is 16.6 Å². The predicted octanol–water partition coefficient (Wildman–Crippen LogP) is 3.28. The monoisotopic (exact) mass is 383 g/mol. The van der Waals surface area contributed by atoms with Crippen LogP contribution < -0.4 is 0 Å². The second kappa shape index (κ2) is 6.49. The van der Waals surface area contributed by atoms with Crippen LogP contribution >= 0.6 is 0 Å². The molecular weight excluding hydrogens is 362 g/mol. The van der Waals surface area contributed by atoms with E-state index < -0.39 is 9.84 Å². The summed E-state index contributed by atoms with van der Waals surface area (Å²) in [6.07, 6.45) is 4.45. The van der Waals surface area contributed by atoms with Crippen molar-refractivity contribution in [3.8, 4) is 5.75 Å². The van der Waals surface area contributed by atoms with Gasteiger partial charge in [-0.3, -0.25) is 4.68 Å². The van der Waals surface area contributed by atoms with Gasteiger partial charge in [-0.25, -0.2) is 13.4 Å². The lowest BCUT2D eigenvalue weighted by molar-refractivity contribution is 0.480. The Bertz CT molecular complexity index is 1160. The van der Waals surface area contributed by atoms with Crippen LogP contribution in [0.15, 0.2) is 30.3 Å². The first-order valence-corrected chi connectivity index (χ1v) is 10.7. The van der Waals surface area contributed by atoms with Gasteiger partial charge in [-0.05, 0) is 44.6 Å². The molecule has 27 heavy (non-hydrogen) atoms. The minimum atomic E-state index is -2.96. The SMILES string of the molecule is Cc1nn(C2CCS(=O)(=O)C2)c(C)c1/C=C/c1ccc2cccc(O)c2n1. The zero-order valence-corrected chi connectivity index (χ0v) is 16.1. The van der Waals surface area contributed by atoms with Gasteiger partial charge in [0.1, 0.15) is 11.3 Å². The Morgan fingerprint density at radius 2 is 2.00 bits per heavy atom. The molecule has 0 radical (unpaired) electrons. The minimum absolute atomic E-state index is 0.0911.